The highest BCUT2D eigenvalue weighted by molar-refractivity contribution is 6.30. The molecule has 184 valence electrons. The van der Waals surface area contributed by atoms with E-state index < -0.39 is 23.6 Å². The summed E-state index contributed by atoms with van der Waals surface area (Å²) in [4.78, 5) is 24.4. The van der Waals surface area contributed by atoms with E-state index in [2.05, 4.69) is 16.1 Å². The van der Waals surface area contributed by atoms with E-state index in [9.17, 15) is 22.8 Å². The van der Waals surface area contributed by atoms with Gasteiger partial charge in [0.15, 0.2) is 0 Å². The van der Waals surface area contributed by atoms with Crippen molar-refractivity contribution in [3.8, 4) is 11.5 Å². The summed E-state index contributed by atoms with van der Waals surface area (Å²) in [6.45, 7) is 3.84. The molecular weight excluding hydrogens is 487 g/mol. The highest BCUT2D eigenvalue weighted by Gasteiger charge is 2.31. The van der Waals surface area contributed by atoms with Crippen LogP contribution in [0.1, 0.15) is 27.2 Å². The molecule has 0 unspecified atom stereocenters. The number of esters is 1. The molecule has 0 amide bonds. The number of rotatable bonds is 9. The van der Waals surface area contributed by atoms with Gasteiger partial charge < -0.3 is 18.8 Å². The van der Waals surface area contributed by atoms with Crippen LogP contribution < -0.4 is 15.0 Å². The zero-order valence-corrected chi connectivity index (χ0v) is 19.4. The molecule has 2 aromatic carbocycles. The highest BCUT2D eigenvalue weighted by atomic mass is 35.5. The summed E-state index contributed by atoms with van der Waals surface area (Å²) in [6.07, 6.45) is -2.89. The molecule has 10 heteroatoms. The number of pyridine rings is 1. The van der Waals surface area contributed by atoms with Crippen molar-refractivity contribution >= 4 is 23.6 Å². The Labute approximate surface area is 204 Å². The number of aryl methyl sites for hydroxylation is 1. The highest BCUT2D eigenvalue weighted by Crippen LogP contribution is 2.27. The second-order valence-corrected chi connectivity index (χ2v) is 7.71. The zero-order chi connectivity index (χ0) is 25.6. The van der Waals surface area contributed by atoms with Gasteiger partial charge >= 0.3 is 12.3 Å². The van der Waals surface area contributed by atoms with Crippen molar-refractivity contribution in [2.75, 3.05) is 7.11 Å². The van der Waals surface area contributed by atoms with Gasteiger partial charge in [0.2, 0.25) is 0 Å². The fourth-order valence-electron chi connectivity index (χ4n) is 3.34. The Balaban J connectivity index is 1.83. The predicted octanol–water partition coefficient (Wildman–Crippen LogP) is 5.65. The SMILES string of the molecule is C=Cc1cc(Cl)c(=O)n(CCc2ccc(C(=O)OC)cc2)c1COc1cccc(OC(F)(F)F)c1. The van der Waals surface area contributed by atoms with Crippen molar-refractivity contribution in [1.82, 2.24) is 4.57 Å². The van der Waals surface area contributed by atoms with E-state index in [0.29, 0.717) is 23.2 Å². The minimum Gasteiger partial charge on any atom is -0.487 e. The number of hydrogen-bond donors (Lipinski definition) is 0. The molecule has 1 heterocycles. The van der Waals surface area contributed by atoms with Crippen LogP contribution in [0.2, 0.25) is 5.02 Å². The number of hydrogen-bond acceptors (Lipinski definition) is 5. The van der Waals surface area contributed by atoms with Gasteiger partial charge in [0.1, 0.15) is 23.1 Å². The van der Waals surface area contributed by atoms with Gasteiger partial charge in [-0.05, 0) is 47.9 Å². The zero-order valence-electron chi connectivity index (χ0n) is 18.6. The number of benzene rings is 2. The first-order valence-corrected chi connectivity index (χ1v) is 10.7. The predicted molar refractivity (Wildman–Crippen MR) is 125 cm³/mol. The summed E-state index contributed by atoms with van der Waals surface area (Å²) >= 11 is 6.13. The maximum atomic E-state index is 12.8. The number of methoxy groups -OCH3 is 1. The van der Waals surface area contributed by atoms with E-state index >= 15 is 0 Å². The van der Waals surface area contributed by atoms with Gasteiger partial charge in [-0.2, -0.15) is 0 Å². The van der Waals surface area contributed by atoms with Crippen LogP contribution in [0.25, 0.3) is 6.08 Å². The molecule has 0 aliphatic carbocycles. The molecule has 0 atom stereocenters. The fraction of sp³-hybridized carbons (Fsp3) is 0.200. The van der Waals surface area contributed by atoms with Crippen LogP contribution in [0.4, 0.5) is 13.2 Å². The number of aromatic nitrogens is 1. The van der Waals surface area contributed by atoms with E-state index in [1.807, 2.05) is 0 Å². The van der Waals surface area contributed by atoms with Gasteiger partial charge in [-0.25, -0.2) is 4.79 Å². The van der Waals surface area contributed by atoms with Gasteiger partial charge in [-0.15, -0.1) is 13.2 Å². The largest absolute Gasteiger partial charge is 0.573 e. The van der Waals surface area contributed by atoms with E-state index in [-0.39, 0.29) is 23.9 Å². The number of halogens is 4. The minimum absolute atomic E-state index is 0.00902. The third-order valence-corrected chi connectivity index (χ3v) is 5.30. The molecule has 1 aromatic heterocycles. The van der Waals surface area contributed by atoms with E-state index in [1.165, 1.54) is 36.0 Å². The van der Waals surface area contributed by atoms with E-state index in [0.717, 1.165) is 17.7 Å². The van der Waals surface area contributed by atoms with E-state index in [4.69, 9.17) is 16.3 Å². The smallest absolute Gasteiger partial charge is 0.487 e. The summed E-state index contributed by atoms with van der Waals surface area (Å²) in [6, 6.07) is 13.3. The Kier molecular flexibility index (Phi) is 8.24. The summed E-state index contributed by atoms with van der Waals surface area (Å²) in [5.41, 5.74) is 1.79. The summed E-state index contributed by atoms with van der Waals surface area (Å²) in [5, 5.41) is -0.00902. The third kappa shape index (κ3) is 6.89. The molecule has 0 N–H and O–H groups in total. The molecule has 0 radical (unpaired) electrons. The Morgan fingerprint density at radius 3 is 2.43 bits per heavy atom. The van der Waals surface area contributed by atoms with Crippen molar-refractivity contribution in [2.45, 2.75) is 25.9 Å². The third-order valence-electron chi connectivity index (χ3n) is 5.02. The van der Waals surface area contributed by atoms with Crippen molar-refractivity contribution in [1.29, 1.82) is 0 Å². The first-order valence-electron chi connectivity index (χ1n) is 10.3. The number of nitrogens with zero attached hydrogens (tertiary/aromatic N) is 1. The Hall–Kier alpha value is -3.72. The van der Waals surface area contributed by atoms with Crippen LogP contribution in [0.15, 0.2) is 66.0 Å². The number of carbonyl (C=O) groups excluding carboxylic acids is 1. The molecule has 0 spiro atoms. The van der Waals surface area contributed by atoms with Crippen molar-refractivity contribution < 1.29 is 32.2 Å². The van der Waals surface area contributed by atoms with Crippen molar-refractivity contribution in [3.63, 3.8) is 0 Å². The molecule has 0 aliphatic rings. The lowest BCUT2D eigenvalue weighted by Crippen LogP contribution is -2.27. The van der Waals surface area contributed by atoms with Gasteiger partial charge in [-0.1, -0.05) is 42.5 Å². The fourth-order valence-corrected chi connectivity index (χ4v) is 3.56. The molecule has 35 heavy (non-hydrogen) atoms. The van der Waals surface area contributed by atoms with Crippen LogP contribution in [0, 0.1) is 0 Å². The molecule has 0 fully saturated rings. The molecule has 3 aromatic rings. The second-order valence-electron chi connectivity index (χ2n) is 7.31. The molecule has 3 rings (SSSR count). The average Bonchev–Trinajstić information content (AvgIpc) is 2.82. The topological polar surface area (TPSA) is 66.8 Å². The molecule has 0 saturated carbocycles. The second kappa shape index (κ2) is 11.1. The Morgan fingerprint density at radius 2 is 1.80 bits per heavy atom. The Bertz CT molecular complexity index is 1270. The van der Waals surface area contributed by atoms with E-state index in [1.54, 1.807) is 24.3 Å². The summed E-state index contributed by atoms with van der Waals surface area (Å²) in [7, 11) is 1.29. The lowest BCUT2D eigenvalue weighted by atomic mass is 10.1. The molecule has 0 saturated heterocycles. The maximum absolute atomic E-state index is 12.8. The van der Waals surface area contributed by atoms with Crippen LogP contribution in [-0.2, 0) is 24.3 Å². The minimum atomic E-state index is -4.83. The molecule has 0 bridgehead atoms. The molecule has 6 nitrogen and oxygen atoms in total. The molecule has 0 aliphatic heterocycles. The van der Waals surface area contributed by atoms with Gasteiger partial charge in [0, 0.05) is 12.6 Å². The standard InChI is InChI=1S/C25H21ClF3NO5/c1-3-17-13-21(26)23(31)30(12-11-16-7-9-18(10-8-16)24(32)33-2)22(17)15-34-19-5-4-6-20(14-19)35-25(27,28)29/h3-10,13-14H,1,11-12,15H2,2H3. The maximum Gasteiger partial charge on any atom is 0.573 e. The first kappa shape index (κ1) is 25.9. The van der Waals surface area contributed by atoms with Crippen molar-refractivity contribution in [2.24, 2.45) is 0 Å². The van der Waals surface area contributed by atoms with Gasteiger partial charge in [-0.3, -0.25) is 4.79 Å². The summed E-state index contributed by atoms with van der Waals surface area (Å²) in [5.74, 6) is -0.765. The number of ether oxygens (including phenoxy) is 3. The molecular formula is C25H21ClF3NO5. The Morgan fingerprint density at radius 1 is 1.11 bits per heavy atom. The van der Waals surface area contributed by atoms with Crippen LogP contribution in [0.5, 0.6) is 11.5 Å². The first-order chi connectivity index (χ1) is 16.6. The van der Waals surface area contributed by atoms with Gasteiger partial charge in [0.05, 0.1) is 18.4 Å². The van der Waals surface area contributed by atoms with Crippen LogP contribution in [0.3, 0.4) is 0 Å². The summed E-state index contributed by atoms with van der Waals surface area (Å²) < 4.78 is 53.3. The van der Waals surface area contributed by atoms with Crippen LogP contribution in [-0.4, -0.2) is 24.0 Å². The lowest BCUT2D eigenvalue weighted by molar-refractivity contribution is -0.274. The average molecular weight is 508 g/mol. The van der Waals surface area contributed by atoms with Crippen LogP contribution >= 0.6 is 11.6 Å². The number of alkyl halides is 3. The monoisotopic (exact) mass is 507 g/mol. The quantitative estimate of drug-likeness (QED) is 0.350. The lowest BCUT2D eigenvalue weighted by Gasteiger charge is -2.18. The normalized spacial score (nSPS) is 11.1. The van der Waals surface area contributed by atoms with Crippen molar-refractivity contribution in [3.05, 3.63) is 98.9 Å². The number of carbonyl (C=O) groups is 1. The van der Waals surface area contributed by atoms with Gasteiger partial charge in [0.25, 0.3) is 5.56 Å².